The number of hydrogen-bond donors (Lipinski definition) is 1. The zero-order valence-electron chi connectivity index (χ0n) is 9.96. The first-order valence-electron chi connectivity index (χ1n) is 5.32. The summed E-state index contributed by atoms with van der Waals surface area (Å²) < 4.78 is 11.1. The van der Waals surface area contributed by atoms with Crippen LogP contribution in [-0.2, 0) is 0 Å². The van der Waals surface area contributed by atoms with Crippen LogP contribution in [0.1, 0.15) is 24.2 Å². The fourth-order valence-electron chi connectivity index (χ4n) is 1.70. The SMILES string of the molecule is CNCC(=O)c1cc(Cl)c2c(c1)OC(C)(C)O2. The molecule has 0 atom stereocenters. The molecule has 0 unspecified atom stereocenters. The molecule has 0 aliphatic carbocycles. The van der Waals surface area contributed by atoms with Crippen LogP contribution in [0.4, 0.5) is 0 Å². The van der Waals surface area contributed by atoms with Gasteiger partial charge < -0.3 is 14.8 Å². The highest BCUT2D eigenvalue weighted by molar-refractivity contribution is 6.32. The van der Waals surface area contributed by atoms with E-state index in [9.17, 15) is 4.79 Å². The third kappa shape index (κ3) is 2.37. The van der Waals surface area contributed by atoms with E-state index >= 15 is 0 Å². The molecule has 0 aromatic heterocycles. The van der Waals surface area contributed by atoms with Gasteiger partial charge >= 0.3 is 0 Å². The van der Waals surface area contributed by atoms with E-state index in [0.717, 1.165) is 0 Å². The standard InChI is InChI=1S/C12H14ClNO3/c1-12(2)16-10-5-7(9(15)6-14-3)4-8(13)11(10)17-12/h4-5,14H,6H2,1-3H3. The summed E-state index contributed by atoms with van der Waals surface area (Å²) in [7, 11) is 1.72. The molecule has 1 heterocycles. The molecule has 0 amide bonds. The van der Waals surface area contributed by atoms with E-state index in [0.29, 0.717) is 22.1 Å². The minimum absolute atomic E-state index is 0.0366. The number of ether oxygens (including phenoxy) is 2. The van der Waals surface area contributed by atoms with Gasteiger partial charge in [-0.15, -0.1) is 0 Å². The van der Waals surface area contributed by atoms with Gasteiger partial charge in [0.15, 0.2) is 17.3 Å². The van der Waals surface area contributed by atoms with Crippen molar-refractivity contribution in [3.63, 3.8) is 0 Å². The van der Waals surface area contributed by atoms with Crippen LogP contribution in [0, 0.1) is 0 Å². The number of benzene rings is 1. The largest absolute Gasteiger partial charge is 0.449 e. The number of Topliss-reactive ketones (excluding diaryl/α,β-unsaturated/α-hetero) is 1. The van der Waals surface area contributed by atoms with Gasteiger partial charge in [0, 0.05) is 19.4 Å². The predicted molar refractivity (Wildman–Crippen MR) is 65.0 cm³/mol. The topological polar surface area (TPSA) is 47.6 Å². The minimum atomic E-state index is -0.739. The molecule has 0 radical (unpaired) electrons. The van der Waals surface area contributed by atoms with Gasteiger partial charge in [-0.25, -0.2) is 0 Å². The van der Waals surface area contributed by atoms with Gasteiger partial charge in [0.25, 0.3) is 0 Å². The quantitative estimate of drug-likeness (QED) is 0.842. The molecule has 92 valence electrons. The lowest BCUT2D eigenvalue weighted by molar-refractivity contribution is -0.0431. The highest BCUT2D eigenvalue weighted by Crippen LogP contribution is 2.44. The molecule has 5 heteroatoms. The van der Waals surface area contributed by atoms with Gasteiger partial charge in [0.2, 0.25) is 5.79 Å². The summed E-state index contributed by atoms with van der Waals surface area (Å²) in [6.45, 7) is 3.84. The Bertz CT molecular complexity index is 471. The molecule has 1 aliphatic heterocycles. The van der Waals surface area contributed by atoms with E-state index in [2.05, 4.69) is 5.32 Å². The van der Waals surface area contributed by atoms with Crippen molar-refractivity contribution in [2.75, 3.05) is 13.6 Å². The van der Waals surface area contributed by atoms with Gasteiger partial charge in [-0.05, 0) is 19.2 Å². The third-order valence-electron chi connectivity index (χ3n) is 2.37. The van der Waals surface area contributed by atoms with Gasteiger partial charge in [-0.3, -0.25) is 4.79 Å². The number of nitrogens with one attached hydrogen (secondary N) is 1. The first-order chi connectivity index (χ1) is 7.93. The summed E-state index contributed by atoms with van der Waals surface area (Å²) >= 11 is 6.07. The lowest BCUT2D eigenvalue weighted by Gasteiger charge is -2.16. The van der Waals surface area contributed by atoms with E-state index in [4.69, 9.17) is 21.1 Å². The Balaban J connectivity index is 2.37. The molecular formula is C12H14ClNO3. The number of halogens is 1. The number of carbonyl (C=O) groups excluding carboxylic acids is 1. The third-order valence-corrected chi connectivity index (χ3v) is 2.65. The van der Waals surface area contributed by atoms with E-state index in [-0.39, 0.29) is 12.3 Å². The van der Waals surface area contributed by atoms with Crippen molar-refractivity contribution in [1.29, 1.82) is 0 Å². The predicted octanol–water partition coefficient (Wildman–Crippen LogP) is 2.25. The summed E-state index contributed by atoms with van der Waals surface area (Å²) in [5.41, 5.74) is 0.518. The fraction of sp³-hybridized carbons (Fsp3) is 0.417. The second kappa shape index (κ2) is 4.20. The molecular weight excluding hydrogens is 242 g/mol. The van der Waals surface area contributed by atoms with Crippen LogP contribution in [0.2, 0.25) is 5.02 Å². The van der Waals surface area contributed by atoms with Crippen LogP contribution < -0.4 is 14.8 Å². The molecule has 1 N–H and O–H groups in total. The number of carbonyl (C=O) groups is 1. The molecule has 0 fully saturated rings. The molecule has 1 aromatic carbocycles. The molecule has 4 nitrogen and oxygen atoms in total. The van der Waals surface area contributed by atoms with Crippen LogP contribution in [0.25, 0.3) is 0 Å². The number of likely N-dealkylation sites (N-methyl/N-ethyl adjacent to an activating group) is 1. The van der Waals surface area contributed by atoms with Crippen molar-refractivity contribution in [3.05, 3.63) is 22.7 Å². The Kier molecular flexibility index (Phi) is 3.02. The van der Waals surface area contributed by atoms with Crippen molar-refractivity contribution in [2.24, 2.45) is 0 Å². The van der Waals surface area contributed by atoms with E-state index in [1.165, 1.54) is 0 Å². The maximum Gasteiger partial charge on any atom is 0.246 e. The molecule has 0 saturated carbocycles. The number of hydrogen-bond acceptors (Lipinski definition) is 4. The van der Waals surface area contributed by atoms with E-state index in [1.54, 1.807) is 33.0 Å². The maximum absolute atomic E-state index is 11.7. The summed E-state index contributed by atoms with van der Waals surface area (Å²) in [5.74, 6) is 0.238. The zero-order chi connectivity index (χ0) is 12.6. The monoisotopic (exact) mass is 255 g/mol. The summed E-state index contributed by atoms with van der Waals surface area (Å²) in [6.07, 6.45) is 0. The molecule has 2 rings (SSSR count). The second-order valence-electron chi connectivity index (χ2n) is 4.34. The van der Waals surface area contributed by atoms with Gasteiger partial charge in [0.1, 0.15) is 0 Å². The smallest absolute Gasteiger partial charge is 0.246 e. The summed E-state index contributed by atoms with van der Waals surface area (Å²) in [5, 5.41) is 3.20. The average molecular weight is 256 g/mol. The fourth-order valence-corrected chi connectivity index (χ4v) is 1.95. The Morgan fingerprint density at radius 1 is 1.41 bits per heavy atom. The van der Waals surface area contributed by atoms with Crippen molar-refractivity contribution in [3.8, 4) is 11.5 Å². The lowest BCUT2D eigenvalue weighted by Crippen LogP contribution is -2.29. The first-order valence-corrected chi connectivity index (χ1v) is 5.70. The Hall–Kier alpha value is -1.26. The number of ketones is 1. The minimum Gasteiger partial charge on any atom is -0.449 e. The van der Waals surface area contributed by atoms with Crippen molar-refractivity contribution >= 4 is 17.4 Å². The van der Waals surface area contributed by atoms with E-state index < -0.39 is 5.79 Å². The van der Waals surface area contributed by atoms with Gasteiger partial charge in [-0.1, -0.05) is 11.6 Å². The number of fused-ring (bicyclic) bond motifs is 1. The molecule has 0 spiro atoms. The highest BCUT2D eigenvalue weighted by Gasteiger charge is 2.34. The highest BCUT2D eigenvalue weighted by atomic mass is 35.5. The van der Waals surface area contributed by atoms with Crippen LogP contribution in [0.5, 0.6) is 11.5 Å². The van der Waals surface area contributed by atoms with Crippen LogP contribution >= 0.6 is 11.6 Å². The van der Waals surface area contributed by atoms with Crippen LogP contribution in [0.3, 0.4) is 0 Å². The zero-order valence-corrected chi connectivity index (χ0v) is 10.7. The van der Waals surface area contributed by atoms with Crippen LogP contribution in [0.15, 0.2) is 12.1 Å². The first kappa shape index (κ1) is 12.2. The van der Waals surface area contributed by atoms with Crippen molar-refractivity contribution in [1.82, 2.24) is 5.32 Å². The summed E-state index contributed by atoms with van der Waals surface area (Å²) in [4.78, 5) is 11.7. The average Bonchev–Trinajstić information content (AvgIpc) is 2.53. The van der Waals surface area contributed by atoms with Crippen molar-refractivity contribution < 1.29 is 14.3 Å². The Labute approximate surface area is 105 Å². The van der Waals surface area contributed by atoms with E-state index in [1.807, 2.05) is 0 Å². The molecule has 17 heavy (non-hydrogen) atoms. The molecule has 0 bridgehead atoms. The van der Waals surface area contributed by atoms with Crippen LogP contribution in [-0.4, -0.2) is 25.2 Å². The molecule has 1 aliphatic rings. The van der Waals surface area contributed by atoms with Gasteiger partial charge in [0.05, 0.1) is 11.6 Å². The van der Waals surface area contributed by atoms with Crippen molar-refractivity contribution in [2.45, 2.75) is 19.6 Å². The summed E-state index contributed by atoms with van der Waals surface area (Å²) in [6, 6.07) is 3.26. The maximum atomic E-state index is 11.7. The molecule has 0 saturated heterocycles. The lowest BCUT2D eigenvalue weighted by atomic mass is 10.1. The number of rotatable bonds is 3. The second-order valence-corrected chi connectivity index (χ2v) is 4.75. The Morgan fingerprint density at radius 2 is 2.12 bits per heavy atom. The molecule has 1 aromatic rings. The normalized spacial score (nSPS) is 16.0. The van der Waals surface area contributed by atoms with Gasteiger partial charge in [-0.2, -0.15) is 0 Å². The Morgan fingerprint density at radius 3 is 2.76 bits per heavy atom.